The monoisotopic (exact) mass is 501 g/mol. The van der Waals surface area contributed by atoms with E-state index in [0.29, 0.717) is 17.1 Å². The van der Waals surface area contributed by atoms with Crippen molar-refractivity contribution in [2.75, 3.05) is 27.4 Å². The fourth-order valence-corrected chi connectivity index (χ4v) is 3.41. The van der Waals surface area contributed by atoms with Crippen molar-refractivity contribution in [3.8, 4) is 17.3 Å². The molecule has 1 aliphatic rings. The van der Waals surface area contributed by atoms with Gasteiger partial charge in [0.2, 0.25) is 5.82 Å². The molecular weight excluding hydrogens is 477 g/mol. The summed E-state index contributed by atoms with van der Waals surface area (Å²) in [5, 5.41) is 15.1. The van der Waals surface area contributed by atoms with Crippen molar-refractivity contribution in [1.82, 2.24) is 35.5 Å². The second-order valence-corrected chi connectivity index (χ2v) is 7.81. The molecule has 3 aromatic rings. The summed E-state index contributed by atoms with van der Waals surface area (Å²) >= 11 is 0. The third kappa shape index (κ3) is 5.95. The van der Waals surface area contributed by atoms with Crippen molar-refractivity contribution in [2.24, 2.45) is 0 Å². The van der Waals surface area contributed by atoms with Crippen molar-refractivity contribution in [1.29, 1.82) is 0 Å². The Morgan fingerprint density at radius 1 is 1.19 bits per heavy atom. The second kappa shape index (κ2) is 11.1. The number of rotatable bonds is 8. The number of carbonyl (C=O) groups excluding carboxylic acids is 2. The Morgan fingerprint density at radius 2 is 2.03 bits per heavy atom. The fourth-order valence-electron chi connectivity index (χ4n) is 3.41. The van der Waals surface area contributed by atoms with Gasteiger partial charge in [0, 0.05) is 6.54 Å². The van der Waals surface area contributed by atoms with Crippen LogP contribution in [0.15, 0.2) is 24.3 Å². The van der Waals surface area contributed by atoms with E-state index in [0.717, 1.165) is 0 Å². The molecule has 2 aromatic heterocycles. The molecule has 0 bridgehead atoms. The molecule has 36 heavy (non-hydrogen) atoms. The van der Waals surface area contributed by atoms with Crippen LogP contribution in [0.5, 0.6) is 5.75 Å². The standard InChI is InChI=1S/C22H24FN7O6/c1-12-25-16(7-17(26-12)21(31)24-8-13-4-5-15(23)18(6-13)33-2)20-27-29-30(28-20)9-14-10-36-19(11-35-14)22(32)34-3/h4-7,14,19H,8-11H2,1-3H3,(H,24,31)/t14-,19-/m0/s1. The van der Waals surface area contributed by atoms with Crippen molar-refractivity contribution < 1.29 is 32.9 Å². The Balaban J connectivity index is 1.39. The van der Waals surface area contributed by atoms with Gasteiger partial charge in [0.05, 0.1) is 34.0 Å². The minimum atomic E-state index is -0.760. The quantitative estimate of drug-likeness (QED) is 0.429. The Hall–Kier alpha value is -4.04. The highest BCUT2D eigenvalue weighted by Crippen LogP contribution is 2.18. The molecule has 1 amide bonds. The molecular formula is C22H24FN7O6. The van der Waals surface area contributed by atoms with E-state index in [4.69, 9.17) is 14.2 Å². The molecule has 0 radical (unpaired) electrons. The summed E-state index contributed by atoms with van der Waals surface area (Å²) in [6.07, 6.45) is -1.14. The van der Waals surface area contributed by atoms with Crippen LogP contribution in [0.2, 0.25) is 0 Å². The average molecular weight is 501 g/mol. The van der Waals surface area contributed by atoms with Crippen LogP contribution in [0.1, 0.15) is 21.9 Å². The summed E-state index contributed by atoms with van der Waals surface area (Å²) in [5.41, 5.74) is 1.08. The van der Waals surface area contributed by atoms with E-state index in [1.165, 1.54) is 37.2 Å². The number of tetrazole rings is 1. The summed E-state index contributed by atoms with van der Waals surface area (Å²) < 4.78 is 34.3. The summed E-state index contributed by atoms with van der Waals surface area (Å²) in [4.78, 5) is 34.0. The van der Waals surface area contributed by atoms with Gasteiger partial charge in [-0.1, -0.05) is 6.07 Å². The van der Waals surface area contributed by atoms with Gasteiger partial charge >= 0.3 is 5.97 Å². The Kier molecular flexibility index (Phi) is 7.75. The maximum atomic E-state index is 13.6. The van der Waals surface area contributed by atoms with Crippen LogP contribution < -0.4 is 10.1 Å². The van der Waals surface area contributed by atoms with E-state index >= 15 is 0 Å². The van der Waals surface area contributed by atoms with Gasteiger partial charge in [-0.3, -0.25) is 4.79 Å². The van der Waals surface area contributed by atoms with Gasteiger partial charge in [-0.25, -0.2) is 19.2 Å². The molecule has 1 N–H and O–H groups in total. The molecule has 0 unspecified atom stereocenters. The zero-order chi connectivity index (χ0) is 25.7. The fraction of sp³-hybridized carbons (Fsp3) is 0.409. The number of nitrogens with zero attached hydrogens (tertiary/aromatic N) is 6. The van der Waals surface area contributed by atoms with Crippen LogP contribution in [0.4, 0.5) is 4.39 Å². The lowest BCUT2D eigenvalue weighted by Gasteiger charge is -2.27. The minimum absolute atomic E-state index is 0.0627. The number of aryl methyl sites for hydroxylation is 1. The van der Waals surface area contributed by atoms with Crippen LogP contribution in [0.25, 0.3) is 11.5 Å². The summed E-state index contributed by atoms with van der Waals surface area (Å²) in [5.74, 6) is -0.810. The molecule has 1 aliphatic heterocycles. The van der Waals surface area contributed by atoms with Crippen molar-refractivity contribution in [3.05, 3.63) is 47.2 Å². The minimum Gasteiger partial charge on any atom is -0.494 e. The molecule has 190 valence electrons. The van der Waals surface area contributed by atoms with E-state index in [9.17, 15) is 14.0 Å². The average Bonchev–Trinajstić information content (AvgIpc) is 3.36. The predicted molar refractivity (Wildman–Crippen MR) is 119 cm³/mol. The first-order valence-corrected chi connectivity index (χ1v) is 10.9. The number of hydrogen-bond acceptors (Lipinski definition) is 11. The normalized spacial score (nSPS) is 17.4. The molecule has 0 aliphatic carbocycles. The highest BCUT2D eigenvalue weighted by molar-refractivity contribution is 5.93. The van der Waals surface area contributed by atoms with Gasteiger partial charge in [-0.15, -0.1) is 10.2 Å². The highest BCUT2D eigenvalue weighted by Gasteiger charge is 2.29. The van der Waals surface area contributed by atoms with Crippen molar-refractivity contribution >= 4 is 11.9 Å². The van der Waals surface area contributed by atoms with Gasteiger partial charge in [0.25, 0.3) is 5.91 Å². The van der Waals surface area contributed by atoms with Crippen molar-refractivity contribution in [2.45, 2.75) is 32.2 Å². The molecule has 1 aromatic carbocycles. The van der Waals surface area contributed by atoms with Gasteiger partial charge in [-0.05, 0) is 35.9 Å². The SMILES string of the molecule is COC(=O)[C@@H]1CO[C@@H](Cn2nnc(-c3cc(C(=O)NCc4ccc(F)c(OC)c4)nc(C)n3)n2)CO1. The lowest BCUT2D eigenvalue weighted by Crippen LogP contribution is -2.42. The largest absolute Gasteiger partial charge is 0.494 e. The lowest BCUT2D eigenvalue weighted by molar-refractivity contribution is -0.180. The number of aromatic nitrogens is 6. The maximum Gasteiger partial charge on any atom is 0.337 e. The first-order valence-electron chi connectivity index (χ1n) is 10.9. The molecule has 2 atom stereocenters. The van der Waals surface area contributed by atoms with Crippen LogP contribution in [0, 0.1) is 12.7 Å². The van der Waals surface area contributed by atoms with E-state index < -0.39 is 23.8 Å². The number of halogens is 1. The molecule has 1 fully saturated rings. The number of methoxy groups -OCH3 is 2. The number of esters is 1. The zero-order valence-corrected chi connectivity index (χ0v) is 19.8. The van der Waals surface area contributed by atoms with E-state index in [1.54, 1.807) is 13.0 Å². The van der Waals surface area contributed by atoms with Gasteiger partial charge in [0.1, 0.15) is 23.3 Å². The number of carbonyl (C=O) groups is 2. The Morgan fingerprint density at radius 3 is 2.75 bits per heavy atom. The van der Waals surface area contributed by atoms with Gasteiger partial charge in [0.15, 0.2) is 17.7 Å². The number of hydrogen-bond donors (Lipinski definition) is 1. The number of amides is 1. The topological polar surface area (TPSA) is 152 Å². The smallest absolute Gasteiger partial charge is 0.337 e. The highest BCUT2D eigenvalue weighted by atomic mass is 19.1. The first-order chi connectivity index (χ1) is 17.4. The van der Waals surface area contributed by atoms with Crippen LogP contribution >= 0.6 is 0 Å². The van der Waals surface area contributed by atoms with Gasteiger partial charge in [-0.2, -0.15) is 4.80 Å². The third-order valence-electron chi connectivity index (χ3n) is 5.22. The number of benzene rings is 1. The Bertz CT molecular complexity index is 1250. The molecule has 0 spiro atoms. The molecule has 14 heteroatoms. The molecule has 3 heterocycles. The van der Waals surface area contributed by atoms with Crippen LogP contribution in [0.3, 0.4) is 0 Å². The summed E-state index contributed by atoms with van der Waals surface area (Å²) in [6.45, 7) is 2.24. The van der Waals surface area contributed by atoms with E-state index in [2.05, 4.69) is 35.4 Å². The van der Waals surface area contributed by atoms with Crippen LogP contribution in [-0.2, 0) is 32.1 Å². The second-order valence-electron chi connectivity index (χ2n) is 7.81. The number of nitrogens with one attached hydrogen (secondary N) is 1. The lowest BCUT2D eigenvalue weighted by atomic mass is 10.2. The molecule has 0 saturated carbocycles. The van der Waals surface area contributed by atoms with Crippen molar-refractivity contribution in [3.63, 3.8) is 0 Å². The van der Waals surface area contributed by atoms with E-state index in [1.807, 2.05) is 0 Å². The maximum absolute atomic E-state index is 13.6. The van der Waals surface area contributed by atoms with Gasteiger partial charge < -0.3 is 24.3 Å². The molecule has 4 rings (SSSR count). The summed E-state index contributed by atoms with van der Waals surface area (Å²) in [6, 6.07) is 5.78. The number of ether oxygens (including phenoxy) is 4. The first kappa shape index (κ1) is 25.1. The zero-order valence-electron chi connectivity index (χ0n) is 19.8. The van der Waals surface area contributed by atoms with E-state index in [-0.39, 0.29) is 49.7 Å². The molecule has 1 saturated heterocycles. The predicted octanol–water partition coefficient (Wildman–Crippen LogP) is 0.473. The van der Waals surface area contributed by atoms with Crippen LogP contribution in [-0.4, -0.2) is 81.7 Å². The Labute approximate surface area is 204 Å². The summed E-state index contributed by atoms with van der Waals surface area (Å²) in [7, 11) is 2.65. The molecule has 13 nitrogen and oxygen atoms in total. The third-order valence-corrected chi connectivity index (χ3v) is 5.22.